The minimum absolute atomic E-state index is 0.251. The Morgan fingerprint density at radius 1 is 1.35 bits per heavy atom. The molecule has 5 heteroatoms. The molecule has 1 aromatic carbocycles. The summed E-state index contributed by atoms with van der Waals surface area (Å²) in [5.41, 5.74) is 0.566. The molecule has 0 aromatic heterocycles. The fourth-order valence-corrected chi connectivity index (χ4v) is 2.23. The monoisotopic (exact) mass is 275 g/mol. The lowest BCUT2D eigenvalue weighted by Gasteiger charge is -2.33. The van der Waals surface area contributed by atoms with E-state index in [9.17, 15) is 5.11 Å². The number of nitrogens with zero attached hydrogens (tertiary/aromatic N) is 3. The molecule has 2 rings (SSSR count). The van der Waals surface area contributed by atoms with Gasteiger partial charge in [0.2, 0.25) is 0 Å². The Balaban J connectivity index is 1.74. The zero-order chi connectivity index (χ0) is 14.4. The van der Waals surface area contributed by atoms with Crippen molar-refractivity contribution in [3.63, 3.8) is 0 Å². The van der Waals surface area contributed by atoms with Gasteiger partial charge in [0.05, 0.1) is 11.6 Å². The normalized spacial score (nSPS) is 18.4. The van der Waals surface area contributed by atoms with Gasteiger partial charge in [-0.2, -0.15) is 5.26 Å². The second-order valence-corrected chi connectivity index (χ2v) is 5.21. The van der Waals surface area contributed by atoms with Crippen molar-refractivity contribution in [1.82, 2.24) is 9.80 Å². The average molecular weight is 275 g/mol. The molecular formula is C15H21N3O2. The molecule has 0 saturated carbocycles. The topological polar surface area (TPSA) is 59.7 Å². The van der Waals surface area contributed by atoms with E-state index in [1.165, 1.54) is 0 Å². The van der Waals surface area contributed by atoms with E-state index in [2.05, 4.69) is 22.9 Å². The van der Waals surface area contributed by atoms with Crippen molar-refractivity contribution >= 4 is 0 Å². The van der Waals surface area contributed by atoms with Gasteiger partial charge in [-0.1, -0.05) is 6.07 Å². The lowest BCUT2D eigenvalue weighted by molar-refractivity contribution is 0.0505. The standard InChI is InChI=1S/C15H21N3O2/c1-17-5-7-18(8-6-17)11-14(19)12-20-15-4-2-3-13(9-15)10-16/h2-4,9,14,19H,5-8,11-12H2,1H3. The number of piperazine rings is 1. The van der Waals surface area contributed by atoms with E-state index in [0.717, 1.165) is 26.2 Å². The van der Waals surface area contributed by atoms with Crippen molar-refractivity contribution in [3.8, 4) is 11.8 Å². The Kier molecular flexibility index (Phi) is 5.36. The average Bonchev–Trinajstić information content (AvgIpc) is 2.48. The fourth-order valence-electron chi connectivity index (χ4n) is 2.23. The molecule has 0 spiro atoms. The van der Waals surface area contributed by atoms with Crippen LogP contribution in [-0.4, -0.2) is 67.4 Å². The summed E-state index contributed by atoms with van der Waals surface area (Å²) < 4.78 is 5.53. The number of rotatable bonds is 5. The third kappa shape index (κ3) is 4.49. The van der Waals surface area contributed by atoms with Crippen molar-refractivity contribution in [3.05, 3.63) is 29.8 Å². The SMILES string of the molecule is CN1CCN(CC(O)COc2cccc(C#N)c2)CC1. The molecule has 0 bridgehead atoms. The lowest BCUT2D eigenvalue weighted by Crippen LogP contribution is -2.47. The number of ether oxygens (including phenoxy) is 1. The van der Waals surface area contributed by atoms with Crippen LogP contribution in [-0.2, 0) is 0 Å². The van der Waals surface area contributed by atoms with Gasteiger partial charge >= 0.3 is 0 Å². The van der Waals surface area contributed by atoms with Gasteiger partial charge in [-0.3, -0.25) is 4.90 Å². The minimum Gasteiger partial charge on any atom is -0.491 e. The van der Waals surface area contributed by atoms with Crippen LogP contribution in [0.3, 0.4) is 0 Å². The van der Waals surface area contributed by atoms with Crippen LogP contribution < -0.4 is 4.74 Å². The molecule has 108 valence electrons. The predicted octanol–water partition coefficient (Wildman–Crippen LogP) is 0.545. The van der Waals surface area contributed by atoms with Crippen molar-refractivity contribution in [2.45, 2.75) is 6.10 Å². The summed E-state index contributed by atoms with van der Waals surface area (Å²) in [6, 6.07) is 9.06. The Morgan fingerprint density at radius 2 is 2.10 bits per heavy atom. The van der Waals surface area contributed by atoms with Crippen LogP contribution in [0.15, 0.2) is 24.3 Å². The maximum atomic E-state index is 10.0. The van der Waals surface area contributed by atoms with Gasteiger partial charge in [-0.15, -0.1) is 0 Å². The zero-order valence-corrected chi connectivity index (χ0v) is 11.8. The van der Waals surface area contributed by atoms with Crippen LogP contribution in [0.2, 0.25) is 0 Å². The van der Waals surface area contributed by atoms with E-state index in [1.54, 1.807) is 24.3 Å². The molecule has 1 heterocycles. The molecule has 0 amide bonds. The lowest BCUT2D eigenvalue weighted by atomic mass is 10.2. The summed E-state index contributed by atoms with van der Waals surface area (Å²) >= 11 is 0. The summed E-state index contributed by atoms with van der Waals surface area (Å²) in [6.45, 7) is 4.93. The molecule has 1 aromatic rings. The number of β-amino-alcohol motifs (C(OH)–C–C–N with tert-alkyl or cyclic N) is 1. The van der Waals surface area contributed by atoms with Gasteiger partial charge < -0.3 is 14.7 Å². The zero-order valence-electron chi connectivity index (χ0n) is 11.8. The maximum Gasteiger partial charge on any atom is 0.120 e. The fraction of sp³-hybridized carbons (Fsp3) is 0.533. The summed E-state index contributed by atoms with van der Waals surface area (Å²) in [5.74, 6) is 0.626. The number of benzene rings is 1. The predicted molar refractivity (Wildman–Crippen MR) is 76.6 cm³/mol. The third-order valence-electron chi connectivity index (χ3n) is 3.47. The first-order chi connectivity index (χ1) is 9.67. The van der Waals surface area contributed by atoms with Gasteiger partial charge in [-0.25, -0.2) is 0 Å². The molecule has 0 aliphatic carbocycles. The van der Waals surface area contributed by atoms with Crippen LogP contribution in [0.1, 0.15) is 5.56 Å². The van der Waals surface area contributed by atoms with Crippen LogP contribution in [0.25, 0.3) is 0 Å². The smallest absolute Gasteiger partial charge is 0.120 e. The first kappa shape index (κ1) is 14.8. The highest BCUT2D eigenvalue weighted by Gasteiger charge is 2.17. The van der Waals surface area contributed by atoms with Crippen LogP contribution in [0.4, 0.5) is 0 Å². The highest BCUT2D eigenvalue weighted by Crippen LogP contribution is 2.13. The van der Waals surface area contributed by atoms with E-state index in [-0.39, 0.29) is 6.61 Å². The number of aliphatic hydroxyl groups excluding tert-OH is 1. The molecule has 1 fully saturated rings. The number of nitriles is 1. The quantitative estimate of drug-likeness (QED) is 0.850. The summed E-state index contributed by atoms with van der Waals surface area (Å²) in [7, 11) is 2.11. The highest BCUT2D eigenvalue weighted by molar-refractivity contribution is 5.36. The molecule has 1 aliphatic heterocycles. The Hall–Kier alpha value is -1.61. The Morgan fingerprint density at radius 3 is 2.80 bits per heavy atom. The molecule has 1 atom stereocenters. The number of aliphatic hydroxyl groups is 1. The van der Waals surface area contributed by atoms with Gasteiger partial charge in [-0.05, 0) is 25.2 Å². The van der Waals surface area contributed by atoms with Gasteiger partial charge in [0.15, 0.2) is 0 Å². The maximum absolute atomic E-state index is 10.0. The Labute approximate surface area is 120 Å². The van der Waals surface area contributed by atoms with E-state index < -0.39 is 6.10 Å². The number of likely N-dealkylation sites (N-methyl/N-ethyl adjacent to an activating group) is 1. The second kappa shape index (κ2) is 7.25. The van der Waals surface area contributed by atoms with Gasteiger partial charge in [0, 0.05) is 32.7 Å². The first-order valence-corrected chi connectivity index (χ1v) is 6.89. The summed E-state index contributed by atoms with van der Waals surface area (Å²) in [4.78, 5) is 4.53. The number of hydrogen-bond acceptors (Lipinski definition) is 5. The van der Waals surface area contributed by atoms with Crippen molar-refractivity contribution in [2.75, 3.05) is 46.4 Å². The summed E-state index contributed by atoms with van der Waals surface area (Å²) in [5, 5.41) is 18.8. The van der Waals surface area contributed by atoms with E-state index in [0.29, 0.717) is 17.9 Å². The van der Waals surface area contributed by atoms with E-state index >= 15 is 0 Å². The molecule has 1 unspecified atom stereocenters. The third-order valence-corrected chi connectivity index (χ3v) is 3.47. The molecular weight excluding hydrogens is 254 g/mol. The van der Waals surface area contributed by atoms with Gasteiger partial charge in [0.25, 0.3) is 0 Å². The second-order valence-electron chi connectivity index (χ2n) is 5.21. The highest BCUT2D eigenvalue weighted by atomic mass is 16.5. The molecule has 20 heavy (non-hydrogen) atoms. The van der Waals surface area contributed by atoms with Gasteiger partial charge in [0.1, 0.15) is 18.5 Å². The van der Waals surface area contributed by atoms with Crippen molar-refractivity contribution in [1.29, 1.82) is 5.26 Å². The van der Waals surface area contributed by atoms with Crippen LogP contribution >= 0.6 is 0 Å². The van der Waals surface area contributed by atoms with Crippen molar-refractivity contribution < 1.29 is 9.84 Å². The number of hydrogen-bond donors (Lipinski definition) is 1. The Bertz CT molecular complexity index is 464. The summed E-state index contributed by atoms with van der Waals surface area (Å²) in [6.07, 6.45) is -0.510. The molecule has 1 N–H and O–H groups in total. The largest absolute Gasteiger partial charge is 0.491 e. The molecule has 1 aliphatic rings. The molecule has 5 nitrogen and oxygen atoms in total. The minimum atomic E-state index is -0.510. The van der Waals surface area contributed by atoms with Crippen LogP contribution in [0.5, 0.6) is 5.75 Å². The molecule has 0 radical (unpaired) electrons. The molecule has 1 saturated heterocycles. The van der Waals surface area contributed by atoms with Crippen molar-refractivity contribution in [2.24, 2.45) is 0 Å². The van der Waals surface area contributed by atoms with E-state index in [1.807, 2.05) is 0 Å². The first-order valence-electron chi connectivity index (χ1n) is 6.89. The van der Waals surface area contributed by atoms with Crippen LogP contribution in [0, 0.1) is 11.3 Å². The van der Waals surface area contributed by atoms with E-state index in [4.69, 9.17) is 10.00 Å².